The molecule has 118 valence electrons. The van der Waals surface area contributed by atoms with Gasteiger partial charge in [0.2, 0.25) is 0 Å². The average Bonchev–Trinajstić information content (AvgIpc) is 2.54. The lowest BCUT2D eigenvalue weighted by atomic mass is 10.2. The van der Waals surface area contributed by atoms with Crippen molar-refractivity contribution in [2.75, 3.05) is 12.4 Å². The Balaban J connectivity index is 2.25. The van der Waals surface area contributed by atoms with Crippen LogP contribution in [-0.2, 0) is 0 Å². The molecule has 2 rings (SSSR count). The first-order valence-corrected chi connectivity index (χ1v) is 6.30. The summed E-state index contributed by atoms with van der Waals surface area (Å²) >= 11 is 0. The van der Waals surface area contributed by atoms with Gasteiger partial charge >= 0.3 is 11.4 Å². The minimum absolute atomic E-state index is 0.0862. The minimum Gasteiger partial charge on any atom is -0.497 e. The van der Waals surface area contributed by atoms with Gasteiger partial charge in [-0.15, -0.1) is 0 Å². The molecule has 0 unspecified atom stereocenters. The second kappa shape index (κ2) is 6.52. The van der Waals surface area contributed by atoms with Crippen LogP contribution in [-0.4, -0.2) is 22.9 Å². The van der Waals surface area contributed by atoms with Crippen molar-refractivity contribution in [1.82, 2.24) is 0 Å². The Labute approximate surface area is 129 Å². The number of methoxy groups -OCH3 is 1. The molecule has 0 atom stereocenters. The largest absolute Gasteiger partial charge is 0.497 e. The summed E-state index contributed by atoms with van der Waals surface area (Å²) in [6.45, 7) is 0. The van der Waals surface area contributed by atoms with E-state index < -0.39 is 27.1 Å². The normalized spacial score (nSPS) is 9.96. The van der Waals surface area contributed by atoms with Gasteiger partial charge in [-0.25, -0.2) is 0 Å². The molecule has 0 bridgehead atoms. The maximum absolute atomic E-state index is 12.1. The second-order valence-corrected chi connectivity index (χ2v) is 4.40. The van der Waals surface area contributed by atoms with E-state index >= 15 is 0 Å². The molecule has 0 aliphatic heterocycles. The Morgan fingerprint density at radius 3 is 2.13 bits per heavy atom. The third-order valence-electron chi connectivity index (χ3n) is 2.98. The van der Waals surface area contributed by atoms with Crippen molar-refractivity contribution in [3.63, 3.8) is 0 Å². The van der Waals surface area contributed by atoms with E-state index in [2.05, 4.69) is 5.32 Å². The third kappa shape index (κ3) is 3.59. The van der Waals surface area contributed by atoms with Crippen LogP contribution in [0.15, 0.2) is 42.5 Å². The number of nitro groups is 2. The van der Waals surface area contributed by atoms with Gasteiger partial charge in [0.25, 0.3) is 5.91 Å². The molecule has 2 aromatic carbocycles. The summed E-state index contributed by atoms with van der Waals surface area (Å²) in [7, 11) is 1.49. The quantitative estimate of drug-likeness (QED) is 0.667. The zero-order chi connectivity index (χ0) is 17.0. The number of rotatable bonds is 5. The van der Waals surface area contributed by atoms with Gasteiger partial charge in [0.15, 0.2) is 0 Å². The molecule has 0 radical (unpaired) electrons. The summed E-state index contributed by atoms with van der Waals surface area (Å²) in [5, 5.41) is 24.1. The smallest absolute Gasteiger partial charge is 0.348 e. The summed E-state index contributed by atoms with van der Waals surface area (Å²) in [5.74, 6) is 0.0725. The summed E-state index contributed by atoms with van der Waals surface area (Å²) in [6.07, 6.45) is 0. The number of nitro benzene ring substituents is 2. The molecule has 1 amide bonds. The van der Waals surface area contributed by atoms with E-state index in [0.717, 1.165) is 12.1 Å². The van der Waals surface area contributed by atoms with E-state index in [1.54, 1.807) is 12.1 Å². The van der Waals surface area contributed by atoms with E-state index in [0.29, 0.717) is 11.3 Å². The van der Waals surface area contributed by atoms with Crippen LogP contribution in [0.4, 0.5) is 17.1 Å². The predicted molar refractivity (Wildman–Crippen MR) is 80.7 cm³/mol. The van der Waals surface area contributed by atoms with Gasteiger partial charge < -0.3 is 10.1 Å². The fourth-order valence-corrected chi connectivity index (χ4v) is 1.85. The third-order valence-corrected chi connectivity index (χ3v) is 2.98. The van der Waals surface area contributed by atoms with Gasteiger partial charge in [0.1, 0.15) is 5.75 Å². The molecule has 9 nitrogen and oxygen atoms in total. The predicted octanol–water partition coefficient (Wildman–Crippen LogP) is 2.76. The van der Waals surface area contributed by atoms with Crippen LogP contribution in [0.2, 0.25) is 0 Å². The zero-order valence-electron chi connectivity index (χ0n) is 11.9. The SMILES string of the molecule is COc1ccc(C(=O)Nc2ccc([N+](=O)[O-])c([N+](=O)[O-])c2)cc1. The first-order valence-electron chi connectivity index (χ1n) is 6.30. The van der Waals surface area contributed by atoms with Crippen LogP contribution in [0.1, 0.15) is 10.4 Å². The average molecular weight is 317 g/mol. The first kappa shape index (κ1) is 15.9. The second-order valence-electron chi connectivity index (χ2n) is 4.40. The van der Waals surface area contributed by atoms with E-state index in [9.17, 15) is 25.0 Å². The Hall–Kier alpha value is -3.49. The van der Waals surface area contributed by atoms with Crippen molar-refractivity contribution < 1.29 is 19.4 Å². The molecule has 0 heterocycles. The lowest BCUT2D eigenvalue weighted by molar-refractivity contribution is -0.422. The molecule has 0 aliphatic carbocycles. The van der Waals surface area contributed by atoms with Crippen LogP contribution in [0.3, 0.4) is 0 Å². The minimum atomic E-state index is -0.874. The lowest BCUT2D eigenvalue weighted by Crippen LogP contribution is -2.12. The van der Waals surface area contributed by atoms with Crippen molar-refractivity contribution in [3.05, 3.63) is 68.3 Å². The van der Waals surface area contributed by atoms with Crippen molar-refractivity contribution in [3.8, 4) is 5.75 Å². The fourth-order valence-electron chi connectivity index (χ4n) is 1.85. The van der Waals surface area contributed by atoms with Gasteiger partial charge in [0.05, 0.1) is 17.0 Å². The van der Waals surface area contributed by atoms with Crippen LogP contribution >= 0.6 is 0 Å². The summed E-state index contributed by atoms with van der Waals surface area (Å²) < 4.78 is 4.97. The first-order chi connectivity index (χ1) is 10.9. The summed E-state index contributed by atoms with van der Waals surface area (Å²) in [4.78, 5) is 32.0. The highest BCUT2D eigenvalue weighted by Crippen LogP contribution is 2.29. The van der Waals surface area contributed by atoms with E-state index in [4.69, 9.17) is 4.74 Å². The molecule has 0 spiro atoms. The van der Waals surface area contributed by atoms with Crippen LogP contribution < -0.4 is 10.1 Å². The van der Waals surface area contributed by atoms with Crippen LogP contribution in [0, 0.1) is 20.2 Å². The fraction of sp³-hybridized carbons (Fsp3) is 0.0714. The number of carbonyl (C=O) groups is 1. The maximum Gasteiger partial charge on any atom is 0.348 e. The Morgan fingerprint density at radius 2 is 1.61 bits per heavy atom. The molecular weight excluding hydrogens is 306 g/mol. The number of ether oxygens (including phenoxy) is 1. The molecule has 9 heteroatoms. The monoisotopic (exact) mass is 317 g/mol. The van der Waals surface area contributed by atoms with E-state index in [1.165, 1.54) is 25.3 Å². The van der Waals surface area contributed by atoms with E-state index in [-0.39, 0.29) is 5.69 Å². The van der Waals surface area contributed by atoms with Crippen molar-refractivity contribution in [2.24, 2.45) is 0 Å². The Bertz CT molecular complexity index is 773. The number of hydrogen-bond donors (Lipinski definition) is 1. The summed E-state index contributed by atoms with van der Waals surface area (Å²) in [5.41, 5.74) is -0.935. The maximum atomic E-state index is 12.1. The lowest BCUT2D eigenvalue weighted by Gasteiger charge is -2.06. The number of nitrogens with zero attached hydrogens (tertiary/aromatic N) is 2. The van der Waals surface area contributed by atoms with Gasteiger partial charge in [-0.2, -0.15) is 0 Å². The number of hydrogen-bond acceptors (Lipinski definition) is 6. The van der Waals surface area contributed by atoms with Crippen molar-refractivity contribution >= 4 is 23.0 Å². The highest BCUT2D eigenvalue weighted by Gasteiger charge is 2.24. The van der Waals surface area contributed by atoms with Crippen molar-refractivity contribution in [1.29, 1.82) is 0 Å². The molecule has 0 saturated heterocycles. The van der Waals surface area contributed by atoms with Crippen LogP contribution in [0.25, 0.3) is 0 Å². The number of carbonyl (C=O) groups excluding carboxylic acids is 1. The highest BCUT2D eigenvalue weighted by molar-refractivity contribution is 6.04. The molecule has 2 aromatic rings. The molecule has 23 heavy (non-hydrogen) atoms. The number of anilines is 1. The molecule has 0 aliphatic rings. The number of nitrogens with one attached hydrogen (secondary N) is 1. The van der Waals surface area contributed by atoms with Gasteiger partial charge in [-0.3, -0.25) is 25.0 Å². The standard InChI is InChI=1S/C14H11N3O6/c1-23-11-5-2-9(3-6-11)14(18)15-10-4-7-12(16(19)20)13(8-10)17(21)22/h2-8H,1H3,(H,15,18). The molecular formula is C14H11N3O6. The number of amides is 1. The zero-order valence-corrected chi connectivity index (χ0v) is 11.9. The molecule has 0 aromatic heterocycles. The topological polar surface area (TPSA) is 125 Å². The summed E-state index contributed by atoms with van der Waals surface area (Å²) in [6, 6.07) is 9.37. The highest BCUT2D eigenvalue weighted by atomic mass is 16.6. The number of benzene rings is 2. The molecule has 1 N–H and O–H groups in total. The van der Waals surface area contributed by atoms with E-state index in [1.807, 2.05) is 0 Å². The van der Waals surface area contributed by atoms with Gasteiger partial charge in [0, 0.05) is 23.4 Å². The molecule has 0 saturated carbocycles. The Kier molecular flexibility index (Phi) is 4.50. The van der Waals surface area contributed by atoms with Crippen LogP contribution in [0.5, 0.6) is 5.75 Å². The van der Waals surface area contributed by atoms with Crippen molar-refractivity contribution in [2.45, 2.75) is 0 Å². The Morgan fingerprint density at radius 1 is 1.00 bits per heavy atom. The van der Waals surface area contributed by atoms with Gasteiger partial charge in [-0.1, -0.05) is 0 Å². The van der Waals surface area contributed by atoms with Gasteiger partial charge in [-0.05, 0) is 30.3 Å². The molecule has 0 fully saturated rings.